The highest BCUT2D eigenvalue weighted by Crippen LogP contribution is 2.55. The Morgan fingerprint density at radius 3 is 2.37 bits per heavy atom. The monoisotopic (exact) mass is 485 g/mol. The fourth-order valence-corrected chi connectivity index (χ4v) is 6.31. The number of rotatable bonds is 4. The molecule has 2 heterocycles. The van der Waals surface area contributed by atoms with E-state index in [1.54, 1.807) is 4.90 Å². The van der Waals surface area contributed by atoms with Crippen molar-refractivity contribution in [2.75, 3.05) is 27.4 Å². The zero-order valence-corrected chi connectivity index (χ0v) is 21.0. The number of benzene rings is 3. The first-order chi connectivity index (χ1) is 16.7. The third-order valence-electron chi connectivity index (χ3n) is 6.62. The van der Waals surface area contributed by atoms with Crippen LogP contribution in [-0.4, -0.2) is 30.0 Å². The zero-order chi connectivity index (χ0) is 24.9. The van der Waals surface area contributed by atoms with Crippen LogP contribution < -0.4 is 15.1 Å². The molecule has 178 valence electrons. The molecular formula is C28H27N3O3S. The van der Waals surface area contributed by atoms with Crippen molar-refractivity contribution in [3.05, 3.63) is 88.5 Å². The smallest absolute Gasteiger partial charge is 0.269 e. The Bertz CT molecular complexity index is 1370. The number of hydrogen-bond acceptors (Lipinski definition) is 4. The second kappa shape index (κ2) is 8.57. The van der Waals surface area contributed by atoms with Crippen molar-refractivity contribution in [3.63, 3.8) is 0 Å². The second-order valence-corrected chi connectivity index (χ2v) is 10.4. The molecule has 1 saturated heterocycles. The summed E-state index contributed by atoms with van der Waals surface area (Å²) in [5.74, 6) is -0.496. The first-order valence-electron chi connectivity index (χ1n) is 11.5. The summed E-state index contributed by atoms with van der Waals surface area (Å²) in [6.45, 7) is 7.82. The van der Waals surface area contributed by atoms with E-state index in [2.05, 4.69) is 5.32 Å². The predicted molar refractivity (Wildman–Crippen MR) is 141 cm³/mol. The van der Waals surface area contributed by atoms with E-state index in [1.165, 1.54) is 16.7 Å². The van der Waals surface area contributed by atoms with E-state index < -0.39 is 4.87 Å². The van der Waals surface area contributed by atoms with Gasteiger partial charge in [0.15, 0.2) is 0 Å². The highest BCUT2D eigenvalue weighted by molar-refractivity contribution is 8.02. The van der Waals surface area contributed by atoms with Crippen molar-refractivity contribution < 1.29 is 14.4 Å². The van der Waals surface area contributed by atoms with Gasteiger partial charge >= 0.3 is 0 Å². The minimum Gasteiger partial charge on any atom is -0.325 e. The van der Waals surface area contributed by atoms with E-state index in [-0.39, 0.29) is 30.0 Å². The van der Waals surface area contributed by atoms with E-state index >= 15 is 0 Å². The second-order valence-electron chi connectivity index (χ2n) is 9.26. The third kappa shape index (κ3) is 3.80. The average Bonchev–Trinajstić information content (AvgIpc) is 3.27. The lowest BCUT2D eigenvalue weighted by Gasteiger charge is -2.33. The molecule has 6 nitrogen and oxygen atoms in total. The quantitative estimate of drug-likeness (QED) is 0.574. The van der Waals surface area contributed by atoms with Crippen molar-refractivity contribution in [1.82, 2.24) is 0 Å². The van der Waals surface area contributed by atoms with Gasteiger partial charge in [-0.15, -0.1) is 11.8 Å². The van der Waals surface area contributed by atoms with Gasteiger partial charge in [-0.3, -0.25) is 24.2 Å². The van der Waals surface area contributed by atoms with Gasteiger partial charge in [-0.1, -0.05) is 30.3 Å². The summed E-state index contributed by atoms with van der Waals surface area (Å²) < 4.78 is 0. The Hall–Kier alpha value is -3.58. The Morgan fingerprint density at radius 2 is 1.66 bits per heavy atom. The van der Waals surface area contributed by atoms with Crippen LogP contribution in [0.15, 0.2) is 60.7 Å². The Kier molecular flexibility index (Phi) is 5.68. The van der Waals surface area contributed by atoms with Gasteiger partial charge in [-0.25, -0.2) is 0 Å². The highest BCUT2D eigenvalue weighted by atomic mass is 32.2. The number of aryl methyl sites for hydroxylation is 4. The van der Waals surface area contributed by atoms with E-state index in [4.69, 9.17) is 0 Å². The molecule has 3 amide bonds. The standard InChI is InChI=1S/C28H27N3O3S/c1-17-11-18(2)13-22(12-17)31-26(33)16-35-28(31)23-7-5-6-8-24(23)30(27(28)34)15-25(32)29-21-10-9-19(3)20(4)14-21/h5-14H,15-16H2,1-4H3,(H,29,32)/t28-/m0/s1. The molecule has 1 fully saturated rings. The van der Waals surface area contributed by atoms with Crippen LogP contribution in [0.3, 0.4) is 0 Å². The van der Waals surface area contributed by atoms with Crippen molar-refractivity contribution in [2.24, 2.45) is 0 Å². The molecule has 0 radical (unpaired) electrons. The number of fused-ring (bicyclic) bond motifs is 2. The van der Waals surface area contributed by atoms with E-state index in [0.29, 0.717) is 17.1 Å². The van der Waals surface area contributed by atoms with Crippen LogP contribution in [0.5, 0.6) is 0 Å². The lowest BCUT2D eigenvalue weighted by molar-refractivity contribution is -0.124. The molecule has 3 aromatic carbocycles. The Labute approximate surface area is 209 Å². The molecule has 2 aliphatic rings. The third-order valence-corrected chi connectivity index (χ3v) is 8.01. The van der Waals surface area contributed by atoms with Crippen LogP contribution >= 0.6 is 11.8 Å². The minimum absolute atomic E-state index is 0.121. The number of para-hydroxylation sites is 1. The lowest BCUT2D eigenvalue weighted by atomic mass is 10.0. The Morgan fingerprint density at radius 1 is 0.943 bits per heavy atom. The van der Waals surface area contributed by atoms with Gasteiger partial charge in [0.05, 0.1) is 11.4 Å². The van der Waals surface area contributed by atoms with Crippen LogP contribution in [0.25, 0.3) is 0 Å². The van der Waals surface area contributed by atoms with Gasteiger partial charge < -0.3 is 5.32 Å². The van der Waals surface area contributed by atoms with Crippen LogP contribution in [0, 0.1) is 27.7 Å². The van der Waals surface area contributed by atoms with Crippen molar-refractivity contribution in [2.45, 2.75) is 32.6 Å². The number of nitrogens with zero attached hydrogens (tertiary/aromatic N) is 2. The number of nitrogens with one attached hydrogen (secondary N) is 1. The van der Waals surface area contributed by atoms with E-state index in [9.17, 15) is 14.4 Å². The van der Waals surface area contributed by atoms with Crippen molar-refractivity contribution in [1.29, 1.82) is 0 Å². The van der Waals surface area contributed by atoms with Gasteiger partial charge in [-0.05, 0) is 80.3 Å². The van der Waals surface area contributed by atoms with E-state index in [0.717, 1.165) is 27.8 Å². The molecule has 0 saturated carbocycles. The highest BCUT2D eigenvalue weighted by Gasteiger charge is 2.61. The number of hydrogen-bond donors (Lipinski definition) is 1. The molecule has 2 aliphatic heterocycles. The fourth-order valence-electron chi connectivity index (χ4n) is 4.96. The molecule has 3 aromatic rings. The molecule has 0 aromatic heterocycles. The average molecular weight is 486 g/mol. The molecule has 0 unspecified atom stereocenters. The largest absolute Gasteiger partial charge is 0.325 e. The summed E-state index contributed by atoms with van der Waals surface area (Å²) in [7, 11) is 0. The molecule has 1 N–H and O–H groups in total. The molecule has 7 heteroatoms. The summed E-state index contributed by atoms with van der Waals surface area (Å²) in [4.78, 5) is 42.2. The molecule has 0 aliphatic carbocycles. The van der Waals surface area contributed by atoms with Gasteiger partial charge in [0.25, 0.3) is 5.91 Å². The first kappa shape index (κ1) is 23.2. The number of amides is 3. The van der Waals surface area contributed by atoms with Crippen LogP contribution in [-0.2, 0) is 19.3 Å². The molecule has 0 bridgehead atoms. The zero-order valence-electron chi connectivity index (χ0n) is 20.2. The van der Waals surface area contributed by atoms with Crippen molar-refractivity contribution in [3.8, 4) is 0 Å². The van der Waals surface area contributed by atoms with Crippen molar-refractivity contribution >= 4 is 46.5 Å². The summed E-state index contributed by atoms with van der Waals surface area (Å²) in [6, 6.07) is 19.1. The summed E-state index contributed by atoms with van der Waals surface area (Å²) in [5, 5.41) is 2.91. The number of anilines is 3. The maximum Gasteiger partial charge on any atom is 0.269 e. The number of carbonyl (C=O) groups excluding carboxylic acids is 3. The predicted octanol–water partition coefficient (Wildman–Crippen LogP) is 4.84. The summed E-state index contributed by atoms with van der Waals surface area (Å²) >= 11 is 1.32. The van der Waals surface area contributed by atoms with Gasteiger partial charge in [0.2, 0.25) is 16.7 Å². The summed E-state index contributed by atoms with van der Waals surface area (Å²) in [6.07, 6.45) is 0. The fraction of sp³-hybridized carbons (Fsp3) is 0.250. The minimum atomic E-state index is -1.23. The van der Waals surface area contributed by atoms with Crippen LogP contribution in [0.1, 0.15) is 27.8 Å². The maximum atomic E-state index is 14.1. The Balaban J connectivity index is 1.52. The van der Waals surface area contributed by atoms with Crippen LogP contribution in [0.4, 0.5) is 17.1 Å². The molecule has 5 rings (SSSR count). The van der Waals surface area contributed by atoms with Crippen LogP contribution in [0.2, 0.25) is 0 Å². The van der Waals surface area contributed by atoms with Gasteiger partial charge in [0, 0.05) is 16.9 Å². The lowest BCUT2D eigenvalue weighted by Crippen LogP contribution is -2.51. The maximum absolute atomic E-state index is 14.1. The van der Waals surface area contributed by atoms with E-state index in [1.807, 2.05) is 88.4 Å². The number of carbonyl (C=O) groups is 3. The molecule has 1 spiro atoms. The molecule has 1 atom stereocenters. The number of thioether (sulfide) groups is 1. The topological polar surface area (TPSA) is 69.7 Å². The summed E-state index contributed by atoms with van der Waals surface area (Å²) in [5.41, 5.74) is 7.03. The molecular weight excluding hydrogens is 458 g/mol. The normalized spacial score (nSPS) is 19.0. The first-order valence-corrected chi connectivity index (χ1v) is 12.5. The molecule has 35 heavy (non-hydrogen) atoms. The SMILES string of the molecule is Cc1cc(C)cc(N2C(=O)CS[C@@]23C(=O)N(CC(=O)Nc2ccc(C)c(C)c2)c2ccccc23)c1. The van der Waals surface area contributed by atoms with Gasteiger partial charge in [0.1, 0.15) is 6.54 Å². The van der Waals surface area contributed by atoms with Gasteiger partial charge in [-0.2, -0.15) is 0 Å².